The van der Waals surface area contributed by atoms with Crippen LogP contribution in [0.5, 0.6) is 0 Å². The van der Waals surface area contributed by atoms with E-state index in [0.29, 0.717) is 17.5 Å². The van der Waals surface area contributed by atoms with E-state index in [4.69, 9.17) is 15.0 Å². The molecule has 0 aliphatic carbocycles. The van der Waals surface area contributed by atoms with Crippen molar-refractivity contribution < 1.29 is 0 Å². The Kier molecular flexibility index (Phi) is 14.4. The fraction of sp³-hybridized carbons (Fsp3) is 0. The summed E-state index contributed by atoms with van der Waals surface area (Å²) in [5.74, 6) is 1.78. The monoisotopic (exact) mass is 1100 g/mol. The molecule has 6 heteroatoms. The van der Waals surface area contributed by atoms with Gasteiger partial charge in [0.15, 0.2) is 17.5 Å². The average Bonchev–Trinajstić information content (AvgIpc) is 3.65. The summed E-state index contributed by atoms with van der Waals surface area (Å²) in [5.41, 5.74) is 2.71. The Labute approximate surface area is 480 Å². The lowest BCUT2D eigenvalue weighted by Gasteiger charge is -2.42. The maximum atomic E-state index is 5.60. The zero-order valence-corrected chi connectivity index (χ0v) is 46.9. The SMILES string of the molecule is c1ccc(S(c2ccccc2)(c2ccccc2)c2cccc(-c3nc(-c4cccc(S(c5ccccc5)(c5ccccc5)c5ccccc5)c4)nc(-c4cccc(S(c5ccccc5)(c5ccccc5)c5ccccc5)c4)n3)c2)cc1. The van der Waals surface area contributed by atoms with Gasteiger partial charge in [-0.15, -0.1) is 30.1 Å². The summed E-state index contributed by atoms with van der Waals surface area (Å²) in [5, 5.41) is 0. The molecule has 0 saturated heterocycles. The third-order valence-corrected chi connectivity index (χ3v) is 26.5. The van der Waals surface area contributed by atoms with Gasteiger partial charge in [0.25, 0.3) is 0 Å². The van der Waals surface area contributed by atoms with E-state index in [2.05, 4.69) is 346 Å². The molecule has 390 valence electrons. The molecular weight excluding hydrogens is 1040 g/mol. The van der Waals surface area contributed by atoms with Crippen LogP contribution in [0.3, 0.4) is 0 Å². The first kappa shape index (κ1) is 51.2. The predicted octanol–water partition coefficient (Wildman–Crippen LogP) is 20.9. The molecule has 1 aromatic heterocycles. The lowest BCUT2D eigenvalue weighted by Crippen LogP contribution is -2.07. The van der Waals surface area contributed by atoms with E-state index in [9.17, 15) is 0 Å². The van der Waals surface area contributed by atoms with E-state index in [1.54, 1.807) is 0 Å². The molecule has 0 saturated carbocycles. The van der Waals surface area contributed by atoms with Gasteiger partial charge in [0.2, 0.25) is 0 Å². The van der Waals surface area contributed by atoms with Gasteiger partial charge in [-0.25, -0.2) is 15.0 Å². The Morgan fingerprint density at radius 1 is 0.148 bits per heavy atom. The molecule has 13 rings (SSSR count). The van der Waals surface area contributed by atoms with Crippen LogP contribution in [-0.4, -0.2) is 15.0 Å². The summed E-state index contributed by atoms with van der Waals surface area (Å²) in [6.45, 7) is 0. The van der Waals surface area contributed by atoms with Crippen LogP contribution >= 0.6 is 30.1 Å². The van der Waals surface area contributed by atoms with E-state index in [0.717, 1.165) is 16.7 Å². The van der Waals surface area contributed by atoms with Crippen molar-refractivity contribution in [1.82, 2.24) is 15.0 Å². The second kappa shape index (κ2) is 22.8. The first-order valence-electron chi connectivity index (χ1n) is 27.2. The van der Waals surface area contributed by atoms with Crippen molar-refractivity contribution in [3.8, 4) is 34.2 Å². The highest BCUT2D eigenvalue weighted by atomic mass is 32.3. The van der Waals surface area contributed by atoms with E-state index in [-0.39, 0.29) is 0 Å². The Hall–Kier alpha value is -9.30. The van der Waals surface area contributed by atoms with Crippen LogP contribution in [-0.2, 0) is 0 Å². The largest absolute Gasteiger partial charge is 0.208 e. The van der Waals surface area contributed by atoms with Crippen LogP contribution in [0, 0.1) is 0 Å². The molecule has 13 aromatic rings. The predicted molar refractivity (Wildman–Crippen MR) is 336 cm³/mol. The van der Waals surface area contributed by atoms with Gasteiger partial charge in [0, 0.05) is 75.4 Å². The summed E-state index contributed by atoms with van der Waals surface area (Å²) in [4.78, 5) is 31.5. The number of hydrogen-bond donors (Lipinski definition) is 0. The molecule has 1 heterocycles. The van der Waals surface area contributed by atoms with Crippen molar-refractivity contribution in [2.75, 3.05) is 0 Å². The molecule has 0 radical (unpaired) electrons. The fourth-order valence-corrected chi connectivity index (χ4v) is 23.1. The number of hydrogen-bond acceptors (Lipinski definition) is 3. The van der Waals surface area contributed by atoms with Crippen LogP contribution < -0.4 is 0 Å². The summed E-state index contributed by atoms with van der Waals surface area (Å²) in [6, 6.07) is 126. The van der Waals surface area contributed by atoms with Gasteiger partial charge in [0.1, 0.15) is 0 Å². The Bertz CT molecular complexity index is 3460. The molecule has 12 aromatic carbocycles. The molecule has 0 spiro atoms. The summed E-state index contributed by atoms with van der Waals surface area (Å²) in [7, 11) is -6.10. The van der Waals surface area contributed by atoms with Crippen molar-refractivity contribution in [1.29, 1.82) is 0 Å². The van der Waals surface area contributed by atoms with Gasteiger partial charge in [-0.1, -0.05) is 200 Å². The summed E-state index contributed by atoms with van der Waals surface area (Å²) < 4.78 is 0. The van der Waals surface area contributed by atoms with Crippen molar-refractivity contribution >= 4 is 30.1 Å². The van der Waals surface area contributed by atoms with Gasteiger partial charge in [0.05, 0.1) is 0 Å². The molecule has 81 heavy (non-hydrogen) atoms. The molecule has 0 amide bonds. The number of benzene rings is 12. The summed E-state index contributed by atoms with van der Waals surface area (Å²) in [6.07, 6.45) is 0. The smallest absolute Gasteiger partial charge is 0.164 e. The molecule has 0 unspecified atom stereocenters. The normalized spacial score (nSPS) is 12.3. The Morgan fingerprint density at radius 2 is 0.296 bits per heavy atom. The van der Waals surface area contributed by atoms with Crippen molar-refractivity contribution in [3.63, 3.8) is 0 Å². The quantitative estimate of drug-likeness (QED) is 0.103. The highest BCUT2D eigenvalue weighted by Gasteiger charge is 2.37. The van der Waals surface area contributed by atoms with Crippen molar-refractivity contribution in [2.45, 2.75) is 58.7 Å². The van der Waals surface area contributed by atoms with Crippen LogP contribution in [0.25, 0.3) is 34.2 Å². The average molecular weight is 1100 g/mol. The van der Waals surface area contributed by atoms with Crippen LogP contribution in [0.2, 0.25) is 0 Å². The second-order valence-electron chi connectivity index (χ2n) is 19.5. The van der Waals surface area contributed by atoms with Crippen molar-refractivity contribution in [2.24, 2.45) is 0 Å². The van der Waals surface area contributed by atoms with E-state index < -0.39 is 30.1 Å². The van der Waals surface area contributed by atoms with Crippen molar-refractivity contribution in [3.05, 3.63) is 346 Å². The number of nitrogens with zero attached hydrogens (tertiary/aromatic N) is 3. The molecular formula is C75H57N3S3. The molecule has 0 bridgehead atoms. The minimum Gasteiger partial charge on any atom is -0.208 e. The number of rotatable bonds is 15. The molecule has 3 nitrogen and oxygen atoms in total. The van der Waals surface area contributed by atoms with E-state index in [1.165, 1.54) is 58.7 Å². The lowest BCUT2D eigenvalue weighted by atomic mass is 10.1. The van der Waals surface area contributed by atoms with Gasteiger partial charge >= 0.3 is 0 Å². The molecule has 0 fully saturated rings. The van der Waals surface area contributed by atoms with Gasteiger partial charge < -0.3 is 0 Å². The highest BCUT2D eigenvalue weighted by Crippen LogP contribution is 2.76. The topological polar surface area (TPSA) is 38.7 Å². The van der Waals surface area contributed by atoms with Gasteiger partial charge in [-0.05, 0) is 146 Å². The highest BCUT2D eigenvalue weighted by molar-refractivity contribution is 8.34. The standard InChI is InChI=1S/C75H57N3S3/c1-10-34-61(35-11-1)79(62-36-12-2-13-37-62,63-38-14-3-15-39-63)70-52-28-31-58(55-70)73-76-74(59-32-29-53-71(56-59)80(64-40-16-4-17-41-64,65-42-18-5-19-43-65)66-44-20-6-21-45-66)78-75(77-73)60-33-30-54-72(57-60)81(67-46-22-7-23-47-67,68-48-24-8-25-49-68)69-50-26-9-27-51-69/h1-57H. The van der Waals surface area contributed by atoms with Crippen LogP contribution in [0.1, 0.15) is 0 Å². The van der Waals surface area contributed by atoms with Crippen LogP contribution in [0.15, 0.2) is 405 Å². The lowest BCUT2D eigenvalue weighted by molar-refractivity contribution is 1.07. The fourth-order valence-electron chi connectivity index (χ4n) is 11.3. The zero-order chi connectivity index (χ0) is 54.3. The first-order valence-corrected chi connectivity index (χ1v) is 32.1. The van der Waals surface area contributed by atoms with E-state index >= 15 is 0 Å². The van der Waals surface area contributed by atoms with E-state index in [1.807, 2.05) is 0 Å². The minimum absolute atomic E-state index is 0.593. The van der Waals surface area contributed by atoms with Gasteiger partial charge in [-0.3, -0.25) is 0 Å². The Balaban J connectivity index is 1.07. The maximum Gasteiger partial charge on any atom is 0.164 e. The second-order valence-corrected chi connectivity index (χ2v) is 28.9. The molecule has 0 N–H and O–H groups in total. The minimum atomic E-state index is -2.03. The molecule has 0 atom stereocenters. The maximum absolute atomic E-state index is 5.60. The molecule has 0 aliphatic heterocycles. The molecule has 0 aliphatic rings. The summed E-state index contributed by atoms with van der Waals surface area (Å²) >= 11 is 0. The first-order chi connectivity index (χ1) is 40.2. The Morgan fingerprint density at radius 3 is 0.457 bits per heavy atom. The van der Waals surface area contributed by atoms with Crippen LogP contribution in [0.4, 0.5) is 0 Å². The third-order valence-electron chi connectivity index (χ3n) is 14.8. The third kappa shape index (κ3) is 9.37. The zero-order valence-electron chi connectivity index (χ0n) is 44.5. The van der Waals surface area contributed by atoms with Gasteiger partial charge in [-0.2, -0.15) is 0 Å². The number of aromatic nitrogens is 3.